The molecule has 14 heteroatoms. The number of aromatic amines is 1. The molecule has 48 heavy (non-hydrogen) atoms. The van der Waals surface area contributed by atoms with E-state index in [-0.39, 0.29) is 43.8 Å². The molecule has 3 heterocycles. The highest BCUT2D eigenvalue weighted by molar-refractivity contribution is 6.00. The topological polar surface area (TPSA) is 167 Å². The number of hydrogen-bond donors (Lipinski definition) is 2. The number of aromatic nitrogens is 4. The fraction of sp³-hybridized carbons (Fsp3) is 0.353. The summed E-state index contributed by atoms with van der Waals surface area (Å²) in [6, 6.07) is 18.1. The maximum Gasteiger partial charge on any atom is 0.338 e. The maximum atomic E-state index is 13.5. The van der Waals surface area contributed by atoms with Crippen molar-refractivity contribution in [1.29, 1.82) is 0 Å². The maximum absolute atomic E-state index is 13.5. The molecule has 5 rings (SSSR count). The number of amides is 2. The predicted octanol–water partition coefficient (Wildman–Crippen LogP) is 2.94. The van der Waals surface area contributed by atoms with Crippen molar-refractivity contribution >= 4 is 29.3 Å². The number of para-hydroxylation sites is 2. The summed E-state index contributed by atoms with van der Waals surface area (Å²) in [5.74, 6) is -0.949. The highest BCUT2D eigenvalue weighted by atomic mass is 16.6. The molecular weight excluding hydrogens is 620 g/mol. The van der Waals surface area contributed by atoms with Gasteiger partial charge < -0.3 is 19.5 Å². The van der Waals surface area contributed by atoms with E-state index < -0.39 is 35.7 Å². The average Bonchev–Trinajstić information content (AvgIpc) is 3.67. The van der Waals surface area contributed by atoms with Crippen molar-refractivity contribution in [2.45, 2.75) is 51.5 Å². The molecule has 0 aliphatic carbocycles. The Hall–Kier alpha value is -5.34. The monoisotopic (exact) mass is 658 g/mol. The number of nitrogens with one attached hydrogen (secondary N) is 2. The summed E-state index contributed by atoms with van der Waals surface area (Å²) in [6.07, 6.45) is 3.11. The van der Waals surface area contributed by atoms with Gasteiger partial charge in [0.2, 0.25) is 5.91 Å². The molecular formula is C34H38N6O8. The number of nitrogens with zero attached hydrogens (tertiary/aromatic N) is 4. The predicted molar refractivity (Wildman–Crippen MR) is 175 cm³/mol. The number of anilines is 2. The van der Waals surface area contributed by atoms with Crippen molar-refractivity contribution in [2.75, 3.05) is 25.2 Å². The van der Waals surface area contributed by atoms with Crippen LogP contribution in [0.2, 0.25) is 0 Å². The van der Waals surface area contributed by atoms with Crippen LogP contribution in [0.25, 0.3) is 0 Å². The number of carbonyl (C=O) groups excluding carboxylic acids is 3. The van der Waals surface area contributed by atoms with Gasteiger partial charge in [-0.2, -0.15) is 0 Å². The van der Waals surface area contributed by atoms with Gasteiger partial charge in [-0.25, -0.2) is 14.6 Å². The van der Waals surface area contributed by atoms with E-state index in [1.54, 1.807) is 4.90 Å². The largest absolute Gasteiger partial charge is 0.463 e. The van der Waals surface area contributed by atoms with E-state index in [9.17, 15) is 24.0 Å². The Balaban J connectivity index is 1.17. The second kappa shape index (κ2) is 15.5. The number of esters is 1. The van der Waals surface area contributed by atoms with Crippen molar-refractivity contribution in [2.24, 2.45) is 5.92 Å². The van der Waals surface area contributed by atoms with Crippen LogP contribution in [0.4, 0.5) is 16.2 Å². The molecule has 0 saturated carbocycles. The smallest absolute Gasteiger partial charge is 0.338 e. The minimum Gasteiger partial charge on any atom is -0.463 e. The summed E-state index contributed by atoms with van der Waals surface area (Å²) in [6.45, 7) is 3.44. The van der Waals surface area contributed by atoms with E-state index in [1.165, 1.54) is 41.9 Å². The Kier molecular flexibility index (Phi) is 11.0. The summed E-state index contributed by atoms with van der Waals surface area (Å²) in [5.41, 5.74) is 0.923. The molecule has 4 aromatic rings. The normalized spacial score (nSPS) is 18.7. The molecule has 2 N–H and O–H groups in total. The van der Waals surface area contributed by atoms with Crippen molar-refractivity contribution in [1.82, 2.24) is 24.4 Å². The van der Waals surface area contributed by atoms with Gasteiger partial charge in [0.1, 0.15) is 19.0 Å². The lowest BCUT2D eigenvalue weighted by atomic mass is 10.0. The molecule has 1 aliphatic rings. The number of aryl methyl sites for hydroxylation is 1. The first-order chi connectivity index (χ1) is 23.2. The summed E-state index contributed by atoms with van der Waals surface area (Å²) < 4.78 is 19.3. The first-order valence-corrected chi connectivity index (χ1v) is 15.6. The van der Waals surface area contributed by atoms with Crippen LogP contribution in [0.15, 0.2) is 89.0 Å². The summed E-state index contributed by atoms with van der Waals surface area (Å²) in [4.78, 5) is 71.0. The molecule has 0 spiro atoms. The van der Waals surface area contributed by atoms with Crippen LogP contribution >= 0.6 is 0 Å². The Labute approximate surface area is 276 Å². The molecule has 2 aromatic heterocycles. The first kappa shape index (κ1) is 34.0. The molecule has 2 amide bonds. The van der Waals surface area contributed by atoms with Crippen LogP contribution in [0.3, 0.4) is 0 Å². The molecule has 1 unspecified atom stereocenters. The van der Waals surface area contributed by atoms with Gasteiger partial charge in [0, 0.05) is 44.5 Å². The molecule has 1 aliphatic heterocycles. The van der Waals surface area contributed by atoms with E-state index in [0.717, 1.165) is 0 Å². The number of imidazole rings is 1. The van der Waals surface area contributed by atoms with Gasteiger partial charge in [-0.3, -0.25) is 33.4 Å². The van der Waals surface area contributed by atoms with Crippen LogP contribution in [0.1, 0.15) is 37.8 Å². The number of H-pyrrole nitrogens is 1. The number of rotatable bonds is 12. The lowest BCUT2D eigenvalue weighted by Gasteiger charge is -2.22. The van der Waals surface area contributed by atoms with Crippen molar-refractivity contribution in [3.63, 3.8) is 0 Å². The van der Waals surface area contributed by atoms with Crippen LogP contribution in [0.5, 0.6) is 0 Å². The third kappa shape index (κ3) is 7.96. The molecule has 0 radical (unpaired) electrons. The van der Waals surface area contributed by atoms with Gasteiger partial charge in [-0.15, -0.1) is 0 Å². The molecule has 2 aromatic carbocycles. The van der Waals surface area contributed by atoms with E-state index >= 15 is 0 Å². The van der Waals surface area contributed by atoms with E-state index in [0.29, 0.717) is 29.1 Å². The standard InChI is InChI=1S/C34H38N6O8/c1-22-28(20-47-23(2)41)48-32(30(22)46-3)39-18-24(31(43)37-33(39)44)11-10-16-35-29(42)17-25-19-38(21-36-25)34(45)40(26-12-6-4-7-13-26)27-14-8-5-9-15-27/h4-9,12-15,18-19,21-22,28,30,32H,10-11,16-17,20H2,1-3H3,(H,35,42)(H,37,43,44)/t22?,28-,30+,32-/m1/s1. The number of methoxy groups -OCH3 is 1. The van der Waals surface area contributed by atoms with Gasteiger partial charge in [-0.1, -0.05) is 43.3 Å². The second-order valence-corrected chi connectivity index (χ2v) is 11.4. The molecule has 14 nitrogen and oxygen atoms in total. The van der Waals surface area contributed by atoms with Gasteiger partial charge in [-0.05, 0) is 37.1 Å². The molecule has 252 valence electrons. The summed E-state index contributed by atoms with van der Waals surface area (Å²) >= 11 is 0. The Morgan fingerprint density at radius 2 is 1.69 bits per heavy atom. The summed E-state index contributed by atoms with van der Waals surface area (Å²) in [5, 5.41) is 2.82. The van der Waals surface area contributed by atoms with Gasteiger partial charge >= 0.3 is 17.7 Å². The SMILES string of the molecule is CO[C@H]1C(C)[C@@H](COC(C)=O)O[C@H]1n1cc(CCCNC(=O)Cc2cn(C(=O)N(c3ccccc3)c3ccccc3)cn2)c(=O)[nH]c1=O. The zero-order chi connectivity index (χ0) is 34.2. The first-order valence-electron chi connectivity index (χ1n) is 15.6. The average molecular weight is 659 g/mol. The molecule has 0 bridgehead atoms. The molecule has 1 fully saturated rings. The van der Waals surface area contributed by atoms with E-state index in [4.69, 9.17) is 14.2 Å². The number of carbonyl (C=O) groups is 3. The van der Waals surface area contributed by atoms with Crippen LogP contribution < -0.4 is 21.5 Å². The number of benzene rings is 2. The van der Waals surface area contributed by atoms with Crippen LogP contribution in [-0.2, 0) is 36.6 Å². The van der Waals surface area contributed by atoms with Crippen LogP contribution in [-0.4, -0.2) is 69.5 Å². The highest BCUT2D eigenvalue weighted by Crippen LogP contribution is 2.35. The Morgan fingerprint density at radius 3 is 2.31 bits per heavy atom. The van der Waals surface area contributed by atoms with Crippen molar-refractivity contribution in [3.8, 4) is 0 Å². The van der Waals surface area contributed by atoms with Crippen molar-refractivity contribution in [3.05, 3.63) is 111 Å². The quantitative estimate of drug-likeness (QED) is 0.172. The lowest BCUT2D eigenvalue weighted by Crippen LogP contribution is -2.38. The fourth-order valence-corrected chi connectivity index (χ4v) is 5.62. The fourth-order valence-electron chi connectivity index (χ4n) is 5.62. The zero-order valence-electron chi connectivity index (χ0n) is 26.9. The Bertz CT molecular complexity index is 1800. The van der Waals surface area contributed by atoms with Gasteiger partial charge in [0.15, 0.2) is 6.23 Å². The Morgan fingerprint density at radius 1 is 1.02 bits per heavy atom. The van der Waals surface area contributed by atoms with Gasteiger partial charge in [0.25, 0.3) is 5.56 Å². The van der Waals surface area contributed by atoms with E-state index in [2.05, 4.69) is 15.3 Å². The lowest BCUT2D eigenvalue weighted by molar-refractivity contribution is -0.146. The van der Waals surface area contributed by atoms with E-state index in [1.807, 2.05) is 67.6 Å². The zero-order valence-corrected chi connectivity index (χ0v) is 26.9. The number of ether oxygens (including phenoxy) is 3. The van der Waals surface area contributed by atoms with Crippen LogP contribution in [0, 0.1) is 5.92 Å². The third-order valence-electron chi connectivity index (χ3n) is 8.10. The number of hydrogen-bond acceptors (Lipinski definition) is 9. The summed E-state index contributed by atoms with van der Waals surface area (Å²) in [7, 11) is 1.50. The molecule has 4 atom stereocenters. The third-order valence-corrected chi connectivity index (χ3v) is 8.10. The minimum atomic E-state index is -0.840. The molecule has 1 saturated heterocycles. The van der Waals surface area contributed by atoms with Gasteiger partial charge in [0.05, 0.1) is 29.6 Å². The minimum absolute atomic E-state index is 0.00783. The van der Waals surface area contributed by atoms with Crippen molar-refractivity contribution < 1.29 is 28.6 Å². The highest BCUT2D eigenvalue weighted by Gasteiger charge is 2.44. The second-order valence-electron chi connectivity index (χ2n) is 11.4.